The van der Waals surface area contributed by atoms with Gasteiger partial charge >= 0.3 is 0 Å². The third-order valence-corrected chi connectivity index (χ3v) is 3.52. The Morgan fingerprint density at radius 3 is 2.44 bits per heavy atom. The third kappa shape index (κ3) is 3.29. The predicted molar refractivity (Wildman–Crippen MR) is 70.3 cm³/mol. The summed E-state index contributed by atoms with van der Waals surface area (Å²) in [5.41, 5.74) is 5.40. The maximum atomic E-state index is 13.0. The minimum atomic E-state index is -0.694. The van der Waals surface area contributed by atoms with E-state index in [1.165, 1.54) is 12.1 Å². The van der Waals surface area contributed by atoms with Crippen LogP contribution < -0.4 is 11.1 Å². The van der Waals surface area contributed by atoms with Crippen molar-refractivity contribution < 1.29 is 9.18 Å². The molecular weight excluding hydrogens is 231 g/mol. The molecule has 0 saturated carbocycles. The number of amides is 1. The van der Waals surface area contributed by atoms with Crippen LogP contribution in [0.4, 0.5) is 4.39 Å². The van der Waals surface area contributed by atoms with E-state index in [9.17, 15) is 9.18 Å². The van der Waals surface area contributed by atoms with Crippen LogP contribution in [0.15, 0.2) is 24.3 Å². The molecule has 0 spiro atoms. The minimum absolute atomic E-state index is 0.140. The summed E-state index contributed by atoms with van der Waals surface area (Å²) in [5.74, 6) is -0.445. The van der Waals surface area contributed by atoms with Gasteiger partial charge in [0.2, 0.25) is 5.91 Å². The highest BCUT2D eigenvalue weighted by Gasteiger charge is 2.40. The van der Waals surface area contributed by atoms with Crippen molar-refractivity contribution in [2.75, 3.05) is 0 Å². The number of hydrogen-bond donors (Lipinski definition) is 2. The Bertz CT molecular complexity index is 436. The molecule has 0 bridgehead atoms. The van der Waals surface area contributed by atoms with E-state index >= 15 is 0 Å². The molecule has 1 aromatic carbocycles. The van der Waals surface area contributed by atoms with Crippen molar-refractivity contribution in [3.8, 4) is 0 Å². The summed E-state index contributed by atoms with van der Waals surface area (Å²) in [6.45, 7) is 7.53. The molecule has 4 heteroatoms. The van der Waals surface area contributed by atoms with Gasteiger partial charge in [0.15, 0.2) is 0 Å². The molecule has 0 unspecified atom stereocenters. The van der Waals surface area contributed by atoms with Crippen LogP contribution in [0.1, 0.15) is 33.3 Å². The zero-order valence-corrected chi connectivity index (χ0v) is 11.4. The van der Waals surface area contributed by atoms with Crippen molar-refractivity contribution in [2.45, 2.75) is 39.8 Å². The summed E-state index contributed by atoms with van der Waals surface area (Å²) in [6, 6.07) is 6.16. The van der Waals surface area contributed by atoms with Crippen LogP contribution in [0.3, 0.4) is 0 Å². The molecule has 0 aliphatic carbocycles. The summed E-state index contributed by atoms with van der Waals surface area (Å²) in [4.78, 5) is 12.1. The molecule has 3 N–H and O–H groups in total. The van der Waals surface area contributed by atoms with E-state index in [0.29, 0.717) is 6.54 Å². The maximum absolute atomic E-state index is 13.0. The van der Waals surface area contributed by atoms with Crippen LogP contribution in [-0.4, -0.2) is 11.4 Å². The molecule has 1 amide bonds. The summed E-state index contributed by atoms with van der Waals surface area (Å²) >= 11 is 0. The van der Waals surface area contributed by atoms with Crippen molar-refractivity contribution >= 4 is 5.91 Å². The average Bonchev–Trinajstić information content (AvgIpc) is 2.24. The van der Waals surface area contributed by atoms with Crippen LogP contribution in [0.25, 0.3) is 0 Å². The zero-order valence-electron chi connectivity index (χ0n) is 11.4. The van der Waals surface area contributed by atoms with Gasteiger partial charge in [-0.25, -0.2) is 4.39 Å². The van der Waals surface area contributed by atoms with Gasteiger partial charge in [-0.1, -0.05) is 12.1 Å². The standard InChI is InChI=1S/C14H21FN2O/c1-13(2,14(3,4)16)12(18)17-9-10-6-5-7-11(15)8-10/h5-8H,9,16H2,1-4H3,(H,17,18). The van der Waals surface area contributed by atoms with E-state index in [2.05, 4.69) is 5.32 Å². The van der Waals surface area contributed by atoms with Crippen LogP contribution in [0, 0.1) is 11.2 Å². The van der Waals surface area contributed by atoms with E-state index in [1.54, 1.807) is 26.0 Å². The van der Waals surface area contributed by atoms with E-state index in [4.69, 9.17) is 5.73 Å². The normalized spacial score (nSPS) is 12.3. The lowest BCUT2D eigenvalue weighted by Crippen LogP contribution is -2.55. The Labute approximate surface area is 108 Å². The number of nitrogens with one attached hydrogen (secondary N) is 1. The fourth-order valence-electron chi connectivity index (χ4n) is 1.34. The Balaban J connectivity index is 2.67. The first kappa shape index (κ1) is 14.6. The highest BCUT2D eigenvalue weighted by molar-refractivity contribution is 5.83. The molecule has 1 rings (SSSR count). The van der Waals surface area contributed by atoms with Gasteiger partial charge in [0.1, 0.15) is 5.82 Å². The lowest BCUT2D eigenvalue weighted by molar-refractivity contribution is -0.132. The second kappa shape index (κ2) is 5.06. The molecule has 0 aliphatic rings. The van der Waals surface area contributed by atoms with E-state index in [1.807, 2.05) is 13.8 Å². The van der Waals surface area contributed by atoms with Crippen molar-refractivity contribution in [3.63, 3.8) is 0 Å². The van der Waals surface area contributed by atoms with E-state index in [0.717, 1.165) is 5.56 Å². The molecule has 0 radical (unpaired) electrons. The van der Waals surface area contributed by atoms with E-state index < -0.39 is 11.0 Å². The molecule has 100 valence electrons. The second-order valence-corrected chi connectivity index (χ2v) is 5.66. The lowest BCUT2D eigenvalue weighted by Gasteiger charge is -2.36. The quantitative estimate of drug-likeness (QED) is 0.863. The number of halogens is 1. The molecule has 0 saturated heterocycles. The van der Waals surface area contributed by atoms with Crippen LogP contribution in [-0.2, 0) is 11.3 Å². The number of carbonyl (C=O) groups is 1. The van der Waals surface area contributed by atoms with Gasteiger partial charge < -0.3 is 11.1 Å². The predicted octanol–water partition coefficient (Wildman–Crippen LogP) is 2.21. The molecule has 1 aromatic rings. The minimum Gasteiger partial charge on any atom is -0.352 e. The monoisotopic (exact) mass is 252 g/mol. The fourth-order valence-corrected chi connectivity index (χ4v) is 1.34. The molecule has 0 atom stereocenters. The summed E-state index contributed by atoms with van der Waals surface area (Å²) in [5, 5.41) is 2.79. The second-order valence-electron chi connectivity index (χ2n) is 5.66. The molecule has 3 nitrogen and oxygen atoms in total. The van der Waals surface area contributed by atoms with Gasteiger partial charge in [0.05, 0.1) is 5.41 Å². The van der Waals surface area contributed by atoms with Crippen molar-refractivity contribution in [1.82, 2.24) is 5.32 Å². The van der Waals surface area contributed by atoms with Gasteiger partial charge in [-0.2, -0.15) is 0 Å². The molecule has 18 heavy (non-hydrogen) atoms. The number of carbonyl (C=O) groups excluding carboxylic acids is 1. The Hall–Kier alpha value is -1.42. The Kier molecular flexibility index (Phi) is 4.12. The Morgan fingerprint density at radius 2 is 1.94 bits per heavy atom. The first-order chi connectivity index (χ1) is 8.14. The molecule has 0 aromatic heterocycles. The van der Waals surface area contributed by atoms with Gasteiger partial charge in [0, 0.05) is 12.1 Å². The maximum Gasteiger partial charge on any atom is 0.227 e. The third-order valence-electron chi connectivity index (χ3n) is 3.52. The molecule has 0 fully saturated rings. The molecule has 0 aliphatic heterocycles. The molecular formula is C14H21FN2O. The van der Waals surface area contributed by atoms with Gasteiger partial charge in [-0.05, 0) is 45.4 Å². The number of benzene rings is 1. The largest absolute Gasteiger partial charge is 0.352 e. The number of rotatable bonds is 4. The van der Waals surface area contributed by atoms with Crippen molar-refractivity contribution in [2.24, 2.45) is 11.1 Å². The number of nitrogens with two attached hydrogens (primary N) is 1. The van der Waals surface area contributed by atoms with Crippen molar-refractivity contribution in [3.05, 3.63) is 35.6 Å². The van der Waals surface area contributed by atoms with Crippen LogP contribution in [0.2, 0.25) is 0 Å². The molecule has 0 heterocycles. The topological polar surface area (TPSA) is 55.1 Å². The van der Waals surface area contributed by atoms with Crippen molar-refractivity contribution in [1.29, 1.82) is 0 Å². The summed E-state index contributed by atoms with van der Waals surface area (Å²) in [6.07, 6.45) is 0. The SMILES string of the molecule is CC(C)(N)C(C)(C)C(=O)NCc1cccc(F)c1. The van der Waals surface area contributed by atoms with Gasteiger partial charge in [-0.3, -0.25) is 4.79 Å². The first-order valence-corrected chi connectivity index (χ1v) is 5.96. The van der Waals surface area contributed by atoms with Gasteiger partial charge in [-0.15, -0.1) is 0 Å². The lowest BCUT2D eigenvalue weighted by atomic mass is 9.74. The Morgan fingerprint density at radius 1 is 1.33 bits per heavy atom. The fraction of sp³-hybridized carbons (Fsp3) is 0.500. The average molecular weight is 252 g/mol. The summed E-state index contributed by atoms with van der Waals surface area (Å²) in [7, 11) is 0. The van der Waals surface area contributed by atoms with Crippen LogP contribution >= 0.6 is 0 Å². The zero-order chi connectivity index (χ0) is 14.0. The van der Waals surface area contributed by atoms with Gasteiger partial charge in [0.25, 0.3) is 0 Å². The highest BCUT2D eigenvalue weighted by Crippen LogP contribution is 2.28. The van der Waals surface area contributed by atoms with Crippen LogP contribution in [0.5, 0.6) is 0 Å². The summed E-state index contributed by atoms with van der Waals surface area (Å²) < 4.78 is 13.0. The number of hydrogen-bond acceptors (Lipinski definition) is 2. The highest BCUT2D eigenvalue weighted by atomic mass is 19.1. The van der Waals surface area contributed by atoms with E-state index in [-0.39, 0.29) is 11.7 Å². The smallest absolute Gasteiger partial charge is 0.227 e. The first-order valence-electron chi connectivity index (χ1n) is 5.96.